The van der Waals surface area contributed by atoms with Crippen LogP contribution in [0.25, 0.3) is 21.9 Å². The third kappa shape index (κ3) is 8.07. The molecule has 3 aliphatic heterocycles. The molecule has 3 N–H and O–H groups in total. The second-order valence-corrected chi connectivity index (χ2v) is 16.3. The number of para-hydroxylation sites is 1. The Bertz CT molecular complexity index is 2510. The van der Waals surface area contributed by atoms with Crippen molar-refractivity contribution in [1.29, 1.82) is 0 Å². The predicted octanol–water partition coefficient (Wildman–Crippen LogP) is 3.61. The third-order valence-corrected chi connectivity index (χ3v) is 11.9. The van der Waals surface area contributed by atoms with Crippen molar-refractivity contribution in [1.82, 2.24) is 44.8 Å². The molecule has 1 aromatic carbocycles. The maximum absolute atomic E-state index is 15.2. The molecular weight excluding hydrogens is 772 g/mol. The zero-order valence-electron chi connectivity index (χ0n) is 34.6. The van der Waals surface area contributed by atoms with Gasteiger partial charge in [-0.05, 0) is 64.2 Å². The molecule has 5 aromatic rings. The normalized spacial score (nSPS) is 19.3. The number of carbonyl (C=O) groups is 3. The third-order valence-electron chi connectivity index (χ3n) is 11.9. The second kappa shape index (κ2) is 16.8. The number of anilines is 4. The number of aromatic nitrogens is 6. The predicted molar refractivity (Wildman–Crippen MR) is 225 cm³/mol. The van der Waals surface area contributed by atoms with E-state index in [2.05, 4.69) is 58.6 Å². The average molecular weight is 823 g/mol. The van der Waals surface area contributed by atoms with Gasteiger partial charge in [0.1, 0.15) is 5.65 Å². The SMILES string of the molecule is CNC(=O)COc1cc2cc(Nc3nc(N4CCC(CN5CCN(c6cccc7c(C8CCC(=O)NC8=O)nn(C)c67)C[C@H]5C)CC4)ncc3F)cnc2n(C(C)C)c1=O. The van der Waals surface area contributed by atoms with Crippen molar-refractivity contribution in [2.24, 2.45) is 13.0 Å². The Kier molecular flexibility index (Phi) is 11.4. The van der Waals surface area contributed by atoms with Gasteiger partial charge in [0.25, 0.3) is 11.5 Å². The van der Waals surface area contributed by atoms with E-state index < -0.39 is 17.3 Å². The first-order valence-electron chi connectivity index (χ1n) is 20.6. The summed E-state index contributed by atoms with van der Waals surface area (Å²) in [5.74, 6) is -0.993. The summed E-state index contributed by atoms with van der Waals surface area (Å²) in [5, 5.41) is 14.3. The van der Waals surface area contributed by atoms with Gasteiger partial charge in [0.2, 0.25) is 17.8 Å². The standard InChI is InChI=1S/C42H51FN12O5/c1-24(2)55-39-27(18-33(41(55)59)60-23-35(57)44-4)17-28(19-45-39)47-38-31(43)20-46-42(49-38)52-13-11-26(12-14-52)22-53-15-16-54(21-25(53)3)32-8-6-7-29-36(50-51(5)37(29)32)30-9-10-34(56)48-40(30)58/h6-8,17-20,24-26,30H,9-16,21-23H2,1-5H3,(H,44,57)(H,46,47,49)(H,48,56,58)/t25-,30?/m1/s1. The van der Waals surface area contributed by atoms with Gasteiger partial charge in [-0.2, -0.15) is 10.1 Å². The van der Waals surface area contributed by atoms with Crippen LogP contribution in [0.4, 0.5) is 27.5 Å². The first kappa shape index (κ1) is 40.6. The molecule has 4 aromatic heterocycles. The minimum atomic E-state index is -0.613. The van der Waals surface area contributed by atoms with Crippen LogP contribution in [-0.2, 0) is 21.4 Å². The molecule has 0 bridgehead atoms. The van der Waals surface area contributed by atoms with Gasteiger partial charge in [0.05, 0.1) is 40.9 Å². The Balaban J connectivity index is 0.892. The number of ether oxygens (including phenoxy) is 1. The second-order valence-electron chi connectivity index (χ2n) is 16.3. The van der Waals surface area contributed by atoms with Gasteiger partial charge in [-0.25, -0.2) is 14.4 Å². The van der Waals surface area contributed by atoms with E-state index in [9.17, 15) is 19.2 Å². The number of piperidine rings is 2. The molecule has 3 amide bonds. The number of nitrogens with zero attached hydrogens (tertiary/aromatic N) is 9. The lowest BCUT2D eigenvalue weighted by atomic mass is 9.92. The number of rotatable bonds is 11. The lowest BCUT2D eigenvalue weighted by Crippen LogP contribution is -2.54. The zero-order chi connectivity index (χ0) is 42.2. The van der Waals surface area contributed by atoms with Crippen molar-refractivity contribution >= 4 is 62.8 Å². The van der Waals surface area contributed by atoms with E-state index in [4.69, 9.17) is 9.84 Å². The fourth-order valence-corrected chi connectivity index (χ4v) is 8.74. The molecule has 8 rings (SSSR count). The van der Waals surface area contributed by atoms with E-state index in [-0.39, 0.29) is 41.9 Å². The number of nitrogens with one attached hydrogen (secondary N) is 3. The molecule has 0 aliphatic carbocycles. The fraction of sp³-hybridized carbons (Fsp3) is 0.476. The zero-order valence-corrected chi connectivity index (χ0v) is 34.6. The number of aryl methyl sites for hydroxylation is 1. The van der Waals surface area contributed by atoms with Crippen LogP contribution in [0.2, 0.25) is 0 Å². The molecule has 2 atom stereocenters. The van der Waals surface area contributed by atoms with E-state index in [1.807, 2.05) is 37.7 Å². The van der Waals surface area contributed by atoms with E-state index in [1.165, 1.54) is 30.1 Å². The van der Waals surface area contributed by atoms with Crippen LogP contribution in [0.15, 0.2) is 47.5 Å². The summed E-state index contributed by atoms with van der Waals surface area (Å²) in [6.07, 6.45) is 5.37. The summed E-state index contributed by atoms with van der Waals surface area (Å²) >= 11 is 0. The summed E-state index contributed by atoms with van der Waals surface area (Å²) in [5.41, 5.74) is 3.31. The minimum absolute atomic E-state index is 0.0106. The van der Waals surface area contributed by atoms with Crippen molar-refractivity contribution in [2.75, 3.05) is 68.0 Å². The molecule has 0 saturated carbocycles. The topological polar surface area (TPSA) is 185 Å². The van der Waals surface area contributed by atoms with E-state index in [0.717, 1.165) is 74.4 Å². The summed E-state index contributed by atoms with van der Waals surface area (Å²) in [4.78, 5) is 70.1. The number of piperazine rings is 1. The molecule has 18 heteroatoms. The number of likely N-dealkylation sites (N-methyl/N-ethyl adjacent to an activating group) is 1. The Morgan fingerprint density at radius 2 is 1.83 bits per heavy atom. The van der Waals surface area contributed by atoms with Crippen molar-refractivity contribution in [3.05, 3.63) is 64.6 Å². The van der Waals surface area contributed by atoms with E-state index in [0.29, 0.717) is 47.5 Å². The smallest absolute Gasteiger partial charge is 0.294 e. The molecule has 17 nitrogen and oxygen atoms in total. The van der Waals surface area contributed by atoms with Crippen molar-refractivity contribution in [3.8, 4) is 5.75 Å². The monoisotopic (exact) mass is 822 g/mol. The Hall–Kier alpha value is -6.17. The van der Waals surface area contributed by atoms with Crippen molar-refractivity contribution < 1.29 is 23.5 Å². The first-order valence-corrected chi connectivity index (χ1v) is 20.6. The minimum Gasteiger partial charge on any atom is -0.478 e. The number of hydrogen-bond acceptors (Lipinski definition) is 13. The first-order chi connectivity index (χ1) is 28.9. The largest absolute Gasteiger partial charge is 0.478 e. The van der Waals surface area contributed by atoms with Crippen LogP contribution in [0.3, 0.4) is 0 Å². The van der Waals surface area contributed by atoms with Gasteiger partial charge >= 0.3 is 0 Å². The van der Waals surface area contributed by atoms with Crippen LogP contribution < -0.4 is 36.0 Å². The van der Waals surface area contributed by atoms with Gasteiger partial charge in [-0.15, -0.1) is 0 Å². The molecular formula is C42H51FN12O5. The van der Waals surface area contributed by atoms with Crippen LogP contribution in [-0.4, -0.2) is 111 Å². The van der Waals surface area contributed by atoms with Gasteiger partial charge < -0.3 is 25.2 Å². The molecule has 316 valence electrons. The molecule has 3 fully saturated rings. The Morgan fingerprint density at radius 1 is 1.03 bits per heavy atom. The molecule has 1 unspecified atom stereocenters. The highest BCUT2D eigenvalue weighted by Crippen LogP contribution is 2.36. The summed E-state index contributed by atoms with van der Waals surface area (Å²) in [6, 6.07) is 9.52. The average Bonchev–Trinajstić information content (AvgIpc) is 3.57. The number of fused-ring (bicyclic) bond motifs is 2. The highest BCUT2D eigenvalue weighted by molar-refractivity contribution is 6.03. The lowest BCUT2D eigenvalue weighted by molar-refractivity contribution is -0.134. The maximum Gasteiger partial charge on any atom is 0.294 e. The number of hydrogen-bond donors (Lipinski definition) is 3. The summed E-state index contributed by atoms with van der Waals surface area (Å²) < 4.78 is 24.1. The number of pyridine rings is 2. The number of carbonyl (C=O) groups excluding carboxylic acids is 3. The van der Waals surface area contributed by atoms with E-state index in [1.54, 1.807) is 6.07 Å². The number of halogens is 1. The highest BCUT2D eigenvalue weighted by Gasteiger charge is 2.34. The number of amides is 3. The lowest BCUT2D eigenvalue weighted by Gasteiger charge is -2.43. The Morgan fingerprint density at radius 3 is 2.57 bits per heavy atom. The van der Waals surface area contributed by atoms with Crippen LogP contribution in [0, 0.1) is 11.7 Å². The summed E-state index contributed by atoms with van der Waals surface area (Å²) in [7, 11) is 3.41. The Labute approximate surface area is 346 Å². The maximum atomic E-state index is 15.2. The van der Waals surface area contributed by atoms with Crippen molar-refractivity contribution in [2.45, 2.75) is 64.5 Å². The van der Waals surface area contributed by atoms with Crippen molar-refractivity contribution in [3.63, 3.8) is 0 Å². The van der Waals surface area contributed by atoms with E-state index >= 15 is 4.39 Å². The highest BCUT2D eigenvalue weighted by atomic mass is 19.1. The van der Waals surface area contributed by atoms with Crippen LogP contribution in [0.5, 0.6) is 5.75 Å². The van der Waals surface area contributed by atoms with Gasteiger partial charge in [0, 0.05) is 82.6 Å². The van der Waals surface area contributed by atoms with Gasteiger partial charge in [-0.1, -0.05) is 12.1 Å². The summed E-state index contributed by atoms with van der Waals surface area (Å²) in [6.45, 7) is 10.8. The molecule has 7 heterocycles. The fourth-order valence-electron chi connectivity index (χ4n) is 8.74. The van der Waals surface area contributed by atoms with Crippen LogP contribution in [0.1, 0.15) is 64.1 Å². The molecule has 0 spiro atoms. The molecule has 3 aliphatic rings. The molecule has 3 saturated heterocycles. The molecule has 60 heavy (non-hydrogen) atoms. The van der Waals surface area contributed by atoms with Gasteiger partial charge in [-0.3, -0.25) is 38.6 Å². The van der Waals surface area contributed by atoms with Gasteiger partial charge in [0.15, 0.2) is 24.0 Å². The number of imide groups is 1. The molecule has 0 radical (unpaired) electrons. The quantitative estimate of drug-likeness (QED) is 0.164. The van der Waals surface area contributed by atoms with Crippen LogP contribution >= 0.6 is 0 Å². The number of benzene rings is 1.